The lowest BCUT2D eigenvalue weighted by molar-refractivity contribution is -0.134. The quantitative estimate of drug-likeness (QED) is 0.926. The minimum Gasteiger partial charge on any atom is -0.337 e. The molecule has 0 aliphatic carbocycles. The number of nitrogens with zero attached hydrogens (tertiary/aromatic N) is 1. The van der Waals surface area contributed by atoms with Gasteiger partial charge in [0, 0.05) is 13.1 Å². The van der Waals surface area contributed by atoms with Gasteiger partial charge in [-0.25, -0.2) is 8.78 Å². The monoisotopic (exact) mass is 296 g/mol. The van der Waals surface area contributed by atoms with Gasteiger partial charge in [-0.1, -0.05) is 18.9 Å². The zero-order valence-electron chi connectivity index (χ0n) is 12.4. The second-order valence-electron chi connectivity index (χ2n) is 5.46. The van der Waals surface area contributed by atoms with Gasteiger partial charge >= 0.3 is 0 Å². The van der Waals surface area contributed by atoms with Crippen LogP contribution in [0.5, 0.6) is 0 Å². The molecule has 0 bridgehead atoms. The predicted molar refractivity (Wildman–Crippen MR) is 77.7 cm³/mol. The van der Waals surface area contributed by atoms with Crippen molar-refractivity contribution in [1.82, 2.24) is 10.2 Å². The van der Waals surface area contributed by atoms with Gasteiger partial charge in [0.05, 0.1) is 6.04 Å². The number of benzene rings is 1. The van der Waals surface area contributed by atoms with Crippen molar-refractivity contribution in [1.29, 1.82) is 0 Å². The highest BCUT2D eigenvalue weighted by molar-refractivity contribution is 5.81. The molecule has 5 heteroatoms. The molecule has 1 aromatic carbocycles. The van der Waals surface area contributed by atoms with Gasteiger partial charge < -0.3 is 10.2 Å². The number of carbonyl (C=O) groups is 1. The number of amides is 1. The maximum Gasteiger partial charge on any atom is 0.239 e. The molecule has 0 aromatic heterocycles. The van der Waals surface area contributed by atoms with Crippen LogP contribution in [0, 0.1) is 11.6 Å². The molecule has 0 spiro atoms. The lowest BCUT2D eigenvalue weighted by Gasteiger charge is -2.26. The first-order valence-electron chi connectivity index (χ1n) is 7.58. The summed E-state index contributed by atoms with van der Waals surface area (Å²) in [6.45, 7) is 3.62. The molecule has 1 fully saturated rings. The van der Waals surface area contributed by atoms with Crippen molar-refractivity contribution in [2.75, 3.05) is 13.1 Å². The minimum atomic E-state index is -0.872. The highest BCUT2D eigenvalue weighted by Gasteiger charge is 2.24. The fourth-order valence-electron chi connectivity index (χ4n) is 2.66. The van der Waals surface area contributed by atoms with E-state index >= 15 is 0 Å². The molecule has 1 aromatic rings. The lowest BCUT2D eigenvalue weighted by Crippen LogP contribution is -2.45. The Hall–Kier alpha value is -1.49. The van der Waals surface area contributed by atoms with Gasteiger partial charge in [-0.3, -0.25) is 4.79 Å². The molecule has 1 saturated heterocycles. The van der Waals surface area contributed by atoms with Crippen molar-refractivity contribution in [2.24, 2.45) is 0 Å². The van der Waals surface area contributed by atoms with Gasteiger partial charge in [-0.05, 0) is 44.0 Å². The zero-order chi connectivity index (χ0) is 15.2. The molecule has 1 N–H and O–H groups in total. The van der Waals surface area contributed by atoms with Crippen LogP contribution in [0.2, 0.25) is 0 Å². The van der Waals surface area contributed by atoms with Gasteiger partial charge in [-0.15, -0.1) is 0 Å². The van der Waals surface area contributed by atoms with Crippen molar-refractivity contribution < 1.29 is 13.6 Å². The van der Waals surface area contributed by atoms with Crippen LogP contribution >= 0.6 is 0 Å². The number of hydrogen-bond acceptors (Lipinski definition) is 2. The molecule has 0 saturated carbocycles. The van der Waals surface area contributed by atoms with Crippen molar-refractivity contribution in [3.8, 4) is 0 Å². The summed E-state index contributed by atoms with van der Waals surface area (Å²) in [7, 11) is 0. The predicted octanol–water partition coefficient (Wildman–Crippen LogP) is 2.85. The summed E-state index contributed by atoms with van der Waals surface area (Å²) in [6, 6.07) is 3.63. The summed E-state index contributed by atoms with van der Waals surface area (Å²) in [5.74, 6) is -1.69. The molecule has 116 valence electrons. The number of hydrogen-bond donors (Lipinski definition) is 1. The Morgan fingerprint density at radius 1 is 1.29 bits per heavy atom. The van der Waals surface area contributed by atoms with Crippen molar-refractivity contribution in [2.45, 2.75) is 45.2 Å². The van der Waals surface area contributed by atoms with E-state index in [2.05, 4.69) is 5.32 Å². The number of nitrogens with one attached hydrogen (secondary N) is 1. The van der Waals surface area contributed by atoms with E-state index in [-0.39, 0.29) is 11.9 Å². The Balaban J connectivity index is 2.04. The number of rotatable bonds is 4. The van der Waals surface area contributed by atoms with Crippen LogP contribution in [0.4, 0.5) is 8.78 Å². The molecule has 1 atom stereocenters. The number of carbonyl (C=O) groups excluding carboxylic acids is 1. The van der Waals surface area contributed by atoms with Crippen LogP contribution in [0.3, 0.4) is 0 Å². The summed E-state index contributed by atoms with van der Waals surface area (Å²) in [4.78, 5) is 14.2. The maximum atomic E-state index is 13.3. The molecule has 1 aliphatic heterocycles. The third-order valence-electron chi connectivity index (χ3n) is 3.91. The average Bonchev–Trinajstić information content (AvgIpc) is 2.77. The van der Waals surface area contributed by atoms with Crippen molar-refractivity contribution in [3.63, 3.8) is 0 Å². The fraction of sp³-hybridized carbons (Fsp3) is 0.562. The van der Waals surface area contributed by atoms with Crippen LogP contribution in [-0.4, -0.2) is 29.9 Å². The van der Waals surface area contributed by atoms with Gasteiger partial charge in [0.1, 0.15) is 0 Å². The third-order valence-corrected chi connectivity index (χ3v) is 3.91. The van der Waals surface area contributed by atoms with Crippen molar-refractivity contribution >= 4 is 5.91 Å². The number of likely N-dealkylation sites (N-methyl/N-ethyl adjacent to an activating group) is 1. The molecule has 1 heterocycles. The van der Waals surface area contributed by atoms with E-state index < -0.39 is 11.6 Å². The molecule has 0 radical (unpaired) electrons. The van der Waals surface area contributed by atoms with Crippen molar-refractivity contribution in [3.05, 3.63) is 35.4 Å². The van der Waals surface area contributed by atoms with Crippen LogP contribution in [0.25, 0.3) is 0 Å². The lowest BCUT2D eigenvalue weighted by atomic mass is 10.1. The van der Waals surface area contributed by atoms with Gasteiger partial charge in [0.15, 0.2) is 11.6 Å². The first-order chi connectivity index (χ1) is 10.1. The molecule has 1 amide bonds. The van der Waals surface area contributed by atoms with Gasteiger partial charge in [0.2, 0.25) is 5.91 Å². The first kappa shape index (κ1) is 15.9. The topological polar surface area (TPSA) is 32.3 Å². The van der Waals surface area contributed by atoms with E-state index in [0.717, 1.165) is 44.4 Å². The van der Waals surface area contributed by atoms with Crippen LogP contribution in [-0.2, 0) is 11.3 Å². The summed E-state index contributed by atoms with van der Waals surface area (Å²) < 4.78 is 26.2. The smallest absolute Gasteiger partial charge is 0.239 e. The first-order valence-corrected chi connectivity index (χ1v) is 7.58. The van der Waals surface area contributed by atoms with Gasteiger partial charge in [0.25, 0.3) is 0 Å². The summed E-state index contributed by atoms with van der Waals surface area (Å²) in [5, 5.41) is 3.28. The fourth-order valence-corrected chi connectivity index (χ4v) is 2.66. The Kier molecular flexibility index (Phi) is 5.67. The molecule has 1 unspecified atom stereocenters. The highest BCUT2D eigenvalue weighted by Crippen LogP contribution is 2.14. The minimum absolute atomic E-state index is 0.0455. The normalized spacial score (nSPS) is 19.1. The van der Waals surface area contributed by atoms with Crippen LogP contribution in [0.15, 0.2) is 18.2 Å². The molecular formula is C16H22F2N2O. The van der Waals surface area contributed by atoms with Crippen LogP contribution < -0.4 is 5.32 Å². The van der Waals surface area contributed by atoms with E-state index in [1.165, 1.54) is 6.07 Å². The molecular weight excluding hydrogens is 274 g/mol. The second-order valence-corrected chi connectivity index (χ2v) is 5.46. The van der Waals surface area contributed by atoms with Crippen LogP contribution in [0.1, 0.15) is 38.2 Å². The van der Waals surface area contributed by atoms with E-state index in [9.17, 15) is 13.6 Å². The maximum absolute atomic E-state index is 13.3. The number of halogens is 2. The standard InChI is InChI=1S/C16H22F2N2O/c1-2-20(11-12-7-8-13(17)14(18)10-12)16(21)15-6-4-3-5-9-19-15/h7-8,10,15,19H,2-6,9,11H2,1H3. The summed E-state index contributed by atoms with van der Waals surface area (Å²) >= 11 is 0. The highest BCUT2D eigenvalue weighted by atomic mass is 19.2. The molecule has 21 heavy (non-hydrogen) atoms. The van der Waals surface area contributed by atoms with E-state index in [0.29, 0.717) is 18.7 Å². The Labute approximate surface area is 124 Å². The summed E-state index contributed by atoms with van der Waals surface area (Å²) in [6.07, 6.45) is 4.13. The Bertz CT molecular complexity index is 485. The second kappa shape index (κ2) is 7.50. The summed E-state index contributed by atoms with van der Waals surface area (Å²) in [5.41, 5.74) is 0.609. The molecule has 1 aliphatic rings. The van der Waals surface area contributed by atoms with E-state index in [1.54, 1.807) is 4.90 Å². The average molecular weight is 296 g/mol. The van der Waals surface area contributed by atoms with E-state index in [4.69, 9.17) is 0 Å². The van der Waals surface area contributed by atoms with Gasteiger partial charge in [-0.2, -0.15) is 0 Å². The molecule has 2 rings (SSSR count). The SMILES string of the molecule is CCN(Cc1ccc(F)c(F)c1)C(=O)C1CCCCCN1. The largest absolute Gasteiger partial charge is 0.337 e. The van der Waals surface area contributed by atoms with E-state index in [1.807, 2.05) is 6.92 Å². The Morgan fingerprint density at radius 2 is 2.10 bits per heavy atom. The third kappa shape index (κ3) is 4.24. The zero-order valence-corrected chi connectivity index (χ0v) is 12.4. The Morgan fingerprint density at radius 3 is 2.81 bits per heavy atom. The molecule has 3 nitrogen and oxygen atoms in total.